The summed E-state index contributed by atoms with van der Waals surface area (Å²) in [4.78, 5) is 15.6. The molecule has 0 aliphatic heterocycles. The van der Waals surface area contributed by atoms with Gasteiger partial charge in [0.1, 0.15) is 5.82 Å². The Hall–Kier alpha value is -1.94. The molecule has 2 aromatic rings. The molecule has 0 aliphatic carbocycles. The topological polar surface area (TPSA) is 68.0 Å². The molecule has 1 heterocycles. The van der Waals surface area contributed by atoms with Crippen LogP contribution in [0, 0.1) is 0 Å². The van der Waals surface area contributed by atoms with Gasteiger partial charge in [0, 0.05) is 18.4 Å². The largest absolute Gasteiger partial charge is 0.330 e. The summed E-state index contributed by atoms with van der Waals surface area (Å²) in [5, 5.41) is 3.76. The van der Waals surface area contributed by atoms with E-state index in [2.05, 4.69) is 10.3 Å². The van der Waals surface area contributed by atoms with Gasteiger partial charge < -0.3 is 11.1 Å². The predicted octanol–water partition coefficient (Wildman–Crippen LogP) is 1.52. The molecule has 0 aliphatic rings. The van der Waals surface area contributed by atoms with Gasteiger partial charge in [-0.25, -0.2) is 4.98 Å². The Morgan fingerprint density at radius 3 is 2.88 bits per heavy atom. The first kappa shape index (κ1) is 10.6. The van der Waals surface area contributed by atoms with E-state index in [1.54, 1.807) is 6.07 Å². The van der Waals surface area contributed by atoms with Crippen LogP contribution in [0.15, 0.2) is 36.4 Å². The number of hydrogen-bond donors (Lipinski definition) is 2. The first-order valence-electron chi connectivity index (χ1n) is 5.15. The smallest absolute Gasteiger partial charge is 0.226 e. The van der Waals surface area contributed by atoms with Gasteiger partial charge in [-0.1, -0.05) is 18.2 Å². The van der Waals surface area contributed by atoms with Gasteiger partial charge >= 0.3 is 0 Å². The highest BCUT2D eigenvalue weighted by Crippen LogP contribution is 2.14. The van der Waals surface area contributed by atoms with E-state index in [1.807, 2.05) is 30.3 Å². The van der Waals surface area contributed by atoms with E-state index in [9.17, 15) is 4.79 Å². The normalized spacial score (nSPS) is 10.3. The molecule has 1 aromatic heterocycles. The minimum atomic E-state index is -0.106. The van der Waals surface area contributed by atoms with Crippen molar-refractivity contribution in [3.8, 4) is 0 Å². The maximum atomic E-state index is 11.3. The second kappa shape index (κ2) is 4.72. The number of hydrogen-bond acceptors (Lipinski definition) is 3. The van der Waals surface area contributed by atoms with Gasteiger partial charge in [-0.2, -0.15) is 0 Å². The highest BCUT2D eigenvalue weighted by Gasteiger charge is 2.02. The number of amides is 1. The number of fused-ring (bicyclic) bond motifs is 1. The molecule has 1 amide bonds. The molecule has 3 N–H and O–H groups in total. The number of aromatic nitrogens is 1. The first-order chi connectivity index (χ1) is 7.79. The highest BCUT2D eigenvalue weighted by atomic mass is 16.1. The number of nitrogens with zero attached hydrogens (tertiary/aromatic N) is 1. The number of rotatable bonds is 3. The van der Waals surface area contributed by atoms with E-state index in [-0.39, 0.29) is 5.91 Å². The third kappa shape index (κ3) is 2.35. The van der Waals surface area contributed by atoms with Crippen molar-refractivity contribution in [2.75, 3.05) is 11.9 Å². The number of para-hydroxylation sites is 1. The molecule has 0 unspecified atom stereocenters. The summed E-state index contributed by atoms with van der Waals surface area (Å²) in [5.74, 6) is 0.461. The maximum Gasteiger partial charge on any atom is 0.226 e. The Labute approximate surface area is 93.5 Å². The van der Waals surface area contributed by atoms with E-state index in [4.69, 9.17) is 5.73 Å². The molecule has 0 fully saturated rings. The van der Waals surface area contributed by atoms with Crippen molar-refractivity contribution in [2.24, 2.45) is 5.73 Å². The molecule has 16 heavy (non-hydrogen) atoms. The minimum Gasteiger partial charge on any atom is -0.330 e. The minimum absolute atomic E-state index is 0.106. The summed E-state index contributed by atoms with van der Waals surface area (Å²) in [5.41, 5.74) is 6.16. The molecule has 0 spiro atoms. The van der Waals surface area contributed by atoms with Crippen molar-refractivity contribution in [3.05, 3.63) is 36.4 Å². The van der Waals surface area contributed by atoms with Gasteiger partial charge in [0.2, 0.25) is 5.91 Å². The third-order valence-corrected chi connectivity index (χ3v) is 2.24. The maximum absolute atomic E-state index is 11.3. The number of nitrogens with one attached hydrogen (secondary N) is 1. The van der Waals surface area contributed by atoms with Crippen molar-refractivity contribution in [2.45, 2.75) is 6.42 Å². The lowest BCUT2D eigenvalue weighted by Gasteiger charge is -2.04. The SMILES string of the molecule is NCCC(=O)Nc1ccc2ccccc2n1. The fraction of sp³-hybridized carbons (Fsp3) is 0.167. The predicted molar refractivity (Wildman–Crippen MR) is 64.0 cm³/mol. The Morgan fingerprint density at radius 2 is 2.06 bits per heavy atom. The molecule has 0 bridgehead atoms. The van der Waals surface area contributed by atoms with E-state index < -0.39 is 0 Å². The Kier molecular flexibility index (Phi) is 3.12. The number of pyridine rings is 1. The summed E-state index contributed by atoms with van der Waals surface area (Å²) in [6.07, 6.45) is 0.314. The first-order valence-corrected chi connectivity index (χ1v) is 5.15. The molecule has 0 saturated heterocycles. The zero-order chi connectivity index (χ0) is 11.4. The van der Waals surface area contributed by atoms with Gasteiger partial charge in [-0.3, -0.25) is 4.79 Å². The molecule has 2 rings (SSSR count). The Balaban J connectivity index is 2.22. The molecule has 4 heteroatoms. The van der Waals surface area contributed by atoms with Crippen molar-refractivity contribution in [3.63, 3.8) is 0 Å². The lowest BCUT2D eigenvalue weighted by Crippen LogP contribution is -2.16. The fourth-order valence-corrected chi connectivity index (χ4v) is 1.47. The second-order valence-corrected chi connectivity index (χ2v) is 3.48. The summed E-state index contributed by atoms with van der Waals surface area (Å²) in [6, 6.07) is 11.5. The van der Waals surface area contributed by atoms with Crippen molar-refractivity contribution >= 4 is 22.6 Å². The average molecular weight is 215 g/mol. The lowest BCUT2D eigenvalue weighted by molar-refractivity contribution is -0.116. The highest BCUT2D eigenvalue weighted by molar-refractivity contribution is 5.91. The molecule has 1 aromatic carbocycles. The standard InChI is InChI=1S/C12H13N3O/c13-8-7-12(16)15-11-6-5-9-3-1-2-4-10(9)14-11/h1-6H,7-8,13H2,(H,14,15,16). The quantitative estimate of drug-likeness (QED) is 0.815. The van der Waals surface area contributed by atoms with Crippen molar-refractivity contribution < 1.29 is 4.79 Å². The van der Waals surface area contributed by atoms with Crippen molar-refractivity contribution in [1.82, 2.24) is 4.98 Å². The number of benzene rings is 1. The Morgan fingerprint density at radius 1 is 1.25 bits per heavy atom. The van der Waals surface area contributed by atoms with Gasteiger partial charge in [-0.05, 0) is 18.2 Å². The number of carbonyl (C=O) groups is 1. The monoisotopic (exact) mass is 215 g/mol. The number of carbonyl (C=O) groups excluding carboxylic acids is 1. The molecule has 0 saturated carbocycles. The van der Waals surface area contributed by atoms with Gasteiger partial charge in [0.15, 0.2) is 0 Å². The zero-order valence-corrected chi connectivity index (χ0v) is 8.81. The summed E-state index contributed by atoms with van der Waals surface area (Å²) < 4.78 is 0. The van der Waals surface area contributed by atoms with E-state index in [0.717, 1.165) is 10.9 Å². The molecular weight excluding hydrogens is 202 g/mol. The molecule has 0 atom stereocenters. The molecule has 82 valence electrons. The van der Waals surface area contributed by atoms with Gasteiger partial charge in [0.05, 0.1) is 5.52 Å². The number of anilines is 1. The second-order valence-electron chi connectivity index (χ2n) is 3.48. The lowest BCUT2D eigenvalue weighted by atomic mass is 10.2. The Bertz CT molecular complexity index is 510. The van der Waals surface area contributed by atoms with Crippen LogP contribution in [0.2, 0.25) is 0 Å². The molecule has 4 nitrogen and oxygen atoms in total. The van der Waals surface area contributed by atoms with Crippen LogP contribution in [0.4, 0.5) is 5.82 Å². The van der Waals surface area contributed by atoms with Crippen LogP contribution in [-0.4, -0.2) is 17.4 Å². The van der Waals surface area contributed by atoms with Crippen LogP contribution in [0.3, 0.4) is 0 Å². The van der Waals surface area contributed by atoms with Crippen LogP contribution >= 0.6 is 0 Å². The molecule has 0 radical (unpaired) electrons. The van der Waals surface area contributed by atoms with Crippen LogP contribution < -0.4 is 11.1 Å². The van der Waals surface area contributed by atoms with Crippen LogP contribution in [0.1, 0.15) is 6.42 Å². The van der Waals surface area contributed by atoms with Crippen LogP contribution in [-0.2, 0) is 4.79 Å². The molecular formula is C12H13N3O. The van der Waals surface area contributed by atoms with Crippen LogP contribution in [0.5, 0.6) is 0 Å². The zero-order valence-electron chi connectivity index (χ0n) is 8.81. The van der Waals surface area contributed by atoms with Crippen LogP contribution in [0.25, 0.3) is 10.9 Å². The van der Waals surface area contributed by atoms with E-state index >= 15 is 0 Å². The third-order valence-electron chi connectivity index (χ3n) is 2.24. The van der Waals surface area contributed by atoms with Crippen molar-refractivity contribution in [1.29, 1.82) is 0 Å². The average Bonchev–Trinajstić information content (AvgIpc) is 2.29. The van der Waals surface area contributed by atoms with Gasteiger partial charge in [-0.15, -0.1) is 0 Å². The summed E-state index contributed by atoms with van der Waals surface area (Å²) in [7, 11) is 0. The van der Waals surface area contributed by atoms with E-state index in [1.165, 1.54) is 0 Å². The summed E-state index contributed by atoms with van der Waals surface area (Å²) in [6.45, 7) is 0.347. The van der Waals surface area contributed by atoms with Gasteiger partial charge in [0.25, 0.3) is 0 Å². The summed E-state index contributed by atoms with van der Waals surface area (Å²) >= 11 is 0. The fourth-order valence-electron chi connectivity index (χ4n) is 1.47. The number of nitrogens with two attached hydrogens (primary N) is 1. The van der Waals surface area contributed by atoms with E-state index in [0.29, 0.717) is 18.8 Å².